The Labute approximate surface area is 115 Å². The molecule has 20 heavy (non-hydrogen) atoms. The Morgan fingerprint density at radius 1 is 1.05 bits per heavy atom. The molecule has 100 valence electrons. The lowest BCUT2D eigenvalue weighted by Crippen LogP contribution is -2.08. The van der Waals surface area contributed by atoms with Crippen molar-refractivity contribution in [3.8, 4) is 11.1 Å². The number of rotatable bonds is 2. The lowest BCUT2D eigenvalue weighted by atomic mass is 10.0. The van der Waals surface area contributed by atoms with Crippen LogP contribution in [0.15, 0.2) is 57.7 Å². The van der Waals surface area contributed by atoms with Gasteiger partial charge in [0.25, 0.3) is 0 Å². The Morgan fingerprint density at radius 3 is 2.45 bits per heavy atom. The topological polar surface area (TPSA) is 30.2 Å². The van der Waals surface area contributed by atoms with Crippen molar-refractivity contribution >= 4 is 11.0 Å². The van der Waals surface area contributed by atoms with Crippen molar-refractivity contribution in [2.45, 2.75) is 13.3 Å². The highest BCUT2D eigenvalue weighted by Crippen LogP contribution is 2.25. The minimum Gasteiger partial charge on any atom is -0.460 e. The maximum atomic E-state index is 13.0. The summed E-state index contributed by atoms with van der Waals surface area (Å²) in [5.74, 6) is 0.303. The predicted octanol–water partition coefficient (Wildman–Crippen LogP) is 4.16. The Morgan fingerprint density at radius 2 is 1.75 bits per heavy atom. The van der Waals surface area contributed by atoms with Gasteiger partial charge in [0.05, 0.1) is 10.9 Å². The van der Waals surface area contributed by atoms with E-state index in [1.54, 1.807) is 30.3 Å². The minimum absolute atomic E-state index is 0.0738. The highest BCUT2D eigenvalue weighted by molar-refractivity contribution is 5.82. The van der Waals surface area contributed by atoms with Crippen LogP contribution in [-0.4, -0.2) is 0 Å². The quantitative estimate of drug-likeness (QED) is 0.698. The molecule has 0 amide bonds. The third kappa shape index (κ3) is 2.01. The predicted molar refractivity (Wildman–Crippen MR) is 77.3 cm³/mol. The summed E-state index contributed by atoms with van der Waals surface area (Å²) >= 11 is 0. The first-order valence-electron chi connectivity index (χ1n) is 6.51. The van der Waals surface area contributed by atoms with Crippen LogP contribution in [0.1, 0.15) is 12.7 Å². The van der Waals surface area contributed by atoms with E-state index in [1.807, 2.05) is 13.0 Å². The van der Waals surface area contributed by atoms with Crippen LogP contribution in [0.3, 0.4) is 0 Å². The Balaban J connectivity index is 2.36. The second-order valence-electron chi connectivity index (χ2n) is 4.59. The summed E-state index contributed by atoms with van der Waals surface area (Å²) in [5.41, 5.74) is 1.71. The lowest BCUT2D eigenvalue weighted by Gasteiger charge is -2.08. The number of fused-ring (bicyclic) bond motifs is 1. The van der Waals surface area contributed by atoms with Crippen molar-refractivity contribution in [3.05, 3.63) is 70.3 Å². The Kier molecular flexibility index (Phi) is 3.11. The van der Waals surface area contributed by atoms with Crippen molar-refractivity contribution < 1.29 is 8.81 Å². The first-order valence-corrected chi connectivity index (χ1v) is 6.51. The SMILES string of the molecule is CCc1oc2ccccc2c(=O)c1-c1ccc(F)cc1. The molecule has 3 aromatic rings. The number of hydrogen-bond acceptors (Lipinski definition) is 2. The fourth-order valence-electron chi connectivity index (χ4n) is 2.35. The Bertz CT molecular complexity index is 817. The van der Waals surface area contributed by atoms with Crippen molar-refractivity contribution in [3.63, 3.8) is 0 Å². The van der Waals surface area contributed by atoms with E-state index in [-0.39, 0.29) is 11.2 Å². The molecule has 0 saturated heterocycles. The molecule has 0 fully saturated rings. The van der Waals surface area contributed by atoms with Crippen molar-refractivity contribution in [1.29, 1.82) is 0 Å². The van der Waals surface area contributed by atoms with Gasteiger partial charge in [0.2, 0.25) is 5.43 Å². The average Bonchev–Trinajstić information content (AvgIpc) is 2.48. The van der Waals surface area contributed by atoms with Gasteiger partial charge in [0, 0.05) is 6.42 Å². The van der Waals surface area contributed by atoms with Crippen LogP contribution in [0.4, 0.5) is 4.39 Å². The van der Waals surface area contributed by atoms with Gasteiger partial charge in [-0.15, -0.1) is 0 Å². The summed E-state index contributed by atoms with van der Waals surface area (Å²) in [6, 6.07) is 13.1. The molecular weight excluding hydrogens is 255 g/mol. The molecule has 0 spiro atoms. The third-order valence-corrected chi connectivity index (χ3v) is 3.32. The summed E-state index contributed by atoms with van der Waals surface area (Å²) in [4.78, 5) is 12.6. The third-order valence-electron chi connectivity index (χ3n) is 3.32. The van der Waals surface area contributed by atoms with Crippen LogP contribution in [0.2, 0.25) is 0 Å². The zero-order valence-corrected chi connectivity index (χ0v) is 11.0. The average molecular weight is 268 g/mol. The van der Waals surface area contributed by atoms with Gasteiger partial charge in [-0.05, 0) is 29.8 Å². The fourth-order valence-corrected chi connectivity index (χ4v) is 2.35. The summed E-state index contributed by atoms with van der Waals surface area (Å²) in [5, 5.41) is 0.545. The molecule has 1 aromatic heterocycles. The number of aryl methyl sites for hydroxylation is 1. The standard InChI is InChI=1S/C17H13FO2/c1-2-14-16(11-7-9-12(18)10-8-11)17(19)13-5-3-4-6-15(13)20-14/h3-10H,2H2,1H3. The number of para-hydroxylation sites is 1. The Hall–Kier alpha value is -2.42. The molecule has 0 N–H and O–H groups in total. The second kappa shape index (κ2) is 4.93. The van der Waals surface area contributed by atoms with E-state index >= 15 is 0 Å². The molecule has 2 aromatic carbocycles. The molecule has 2 nitrogen and oxygen atoms in total. The van der Waals surface area contributed by atoms with E-state index in [2.05, 4.69) is 0 Å². The summed E-state index contributed by atoms with van der Waals surface area (Å²) < 4.78 is 18.9. The van der Waals surface area contributed by atoms with Crippen molar-refractivity contribution in [1.82, 2.24) is 0 Å². The van der Waals surface area contributed by atoms with Gasteiger partial charge >= 0.3 is 0 Å². The normalized spacial score (nSPS) is 10.9. The van der Waals surface area contributed by atoms with Crippen LogP contribution in [0.5, 0.6) is 0 Å². The first-order chi connectivity index (χ1) is 9.70. The molecule has 3 rings (SSSR count). The molecule has 0 unspecified atom stereocenters. The van der Waals surface area contributed by atoms with Crippen molar-refractivity contribution in [2.24, 2.45) is 0 Å². The van der Waals surface area contributed by atoms with Gasteiger partial charge in [-0.25, -0.2) is 4.39 Å². The van der Waals surface area contributed by atoms with E-state index in [1.165, 1.54) is 12.1 Å². The summed E-state index contributed by atoms with van der Waals surface area (Å²) in [6.45, 7) is 1.93. The van der Waals surface area contributed by atoms with Gasteiger partial charge < -0.3 is 4.42 Å². The molecule has 0 bridgehead atoms. The highest BCUT2D eigenvalue weighted by atomic mass is 19.1. The molecule has 0 aliphatic carbocycles. The molecule has 0 saturated carbocycles. The maximum Gasteiger partial charge on any atom is 0.200 e. The van der Waals surface area contributed by atoms with Crippen LogP contribution < -0.4 is 5.43 Å². The highest BCUT2D eigenvalue weighted by Gasteiger charge is 2.14. The molecule has 1 heterocycles. The van der Waals surface area contributed by atoms with E-state index in [4.69, 9.17) is 4.42 Å². The van der Waals surface area contributed by atoms with Gasteiger partial charge in [-0.1, -0.05) is 31.2 Å². The van der Waals surface area contributed by atoms with Crippen molar-refractivity contribution in [2.75, 3.05) is 0 Å². The summed E-state index contributed by atoms with van der Waals surface area (Å²) in [7, 11) is 0. The largest absolute Gasteiger partial charge is 0.460 e. The molecule has 0 radical (unpaired) electrons. The fraction of sp³-hybridized carbons (Fsp3) is 0.118. The smallest absolute Gasteiger partial charge is 0.200 e. The molecule has 0 aliphatic heterocycles. The maximum absolute atomic E-state index is 13.0. The zero-order valence-electron chi connectivity index (χ0n) is 11.0. The van der Waals surface area contributed by atoms with E-state index in [0.717, 1.165) is 0 Å². The second-order valence-corrected chi connectivity index (χ2v) is 4.59. The molecule has 3 heteroatoms. The minimum atomic E-state index is -0.322. The van der Waals surface area contributed by atoms with Crippen LogP contribution >= 0.6 is 0 Å². The van der Waals surface area contributed by atoms with Crippen LogP contribution in [0.25, 0.3) is 22.1 Å². The van der Waals surface area contributed by atoms with E-state index in [0.29, 0.717) is 34.3 Å². The van der Waals surface area contributed by atoms with Gasteiger partial charge in [0.15, 0.2) is 0 Å². The molecule has 0 aliphatic rings. The monoisotopic (exact) mass is 268 g/mol. The lowest BCUT2D eigenvalue weighted by molar-refractivity contribution is 0.546. The molecular formula is C17H13FO2. The zero-order chi connectivity index (χ0) is 14.1. The van der Waals surface area contributed by atoms with E-state index in [9.17, 15) is 9.18 Å². The summed E-state index contributed by atoms with van der Waals surface area (Å²) in [6.07, 6.45) is 0.604. The van der Waals surface area contributed by atoms with Crippen LogP contribution in [-0.2, 0) is 6.42 Å². The first kappa shape index (κ1) is 12.6. The van der Waals surface area contributed by atoms with Gasteiger partial charge in [-0.3, -0.25) is 4.79 Å². The van der Waals surface area contributed by atoms with Gasteiger partial charge in [-0.2, -0.15) is 0 Å². The van der Waals surface area contributed by atoms with E-state index < -0.39 is 0 Å². The van der Waals surface area contributed by atoms with Crippen LogP contribution in [0, 0.1) is 5.82 Å². The number of halogens is 1. The number of benzene rings is 2. The number of hydrogen-bond donors (Lipinski definition) is 0. The van der Waals surface area contributed by atoms with Gasteiger partial charge in [0.1, 0.15) is 17.2 Å². The molecule has 0 atom stereocenters.